The summed E-state index contributed by atoms with van der Waals surface area (Å²) in [6, 6.07) is 6.63. The highest BCUT2D eigenvalue weighted by molar-refractivity contribution is 7.16. The van der Waals surface area contributed by atoms with E-state index in [9.17, 15) is 9.18 Å². The number of carbonyl (C=O) groups is 1. The van der Waals surface area contributed by atoms with E-state index in [1.165, 1.54) is 33.9 Å². The van der Waals surface area contributed by atoms with E-state index >= 15 is 0 Å². The number of carbonyl (C=O) groups excluding carboxylic acids is 1. The Bertz CT molecular complexity index is 1330. The molecule has 6 nitrogen and oxygen atoms in total. The van der Waals surface area contributed by atoms with Crippen molar-refractivity contribution in [2.24, 2.45) is 7.05 Å². The lowest BCUT2D eigenvalue weighted by molar-refractivity contribution is 0.0631. The van der Waals surface area contributed by atoms with Crippen molar-refractivity contribution >= 4 is 28.6 Å². The Morgan fingerprint density at radius 2 is 2.09 bits per heavy atom. The van der Waals surface area contributed by atoms with E-state index in [4.69, 9.17) is 0 Å². The number of aryl methyl sites for hydroxylation is 2. The van der Waals surface area contributed by atoms with Gasteiger partial charge in [0.15, 0.2) is 0 Å². The summed E-state index contributed by atoms with van der Waals surface area (Å²) in [6.45, 7) is 6.57. The molecule has 0 spiro atoms. The third-order valence-corrected chi connectivity index (χ3v) is 8.28. The van der Waals surface area contributed by atoms with Gasteiger partial charge in [0.05, 0.1) is 12.2 Å². The molecule has 1 amide bonds. The van der Waals surface area contributed by atoms with Gasteiger partial charge in [-0.1, -0.05) is 11.3 Å². The number of rotatable bonds is 3. The predicted octanol–water partition coefficient (Wildman–Crippen LogP) is 4.97. The number of amides is 1. The lowest BCUT2D eigenvalue weighted by atomic mass is 9.74. The van der Waals surface area contributed by atoms with Crippen molar-refractivity contribution in [3.63, 3.8) is 0 Å². The fourth-order valence-electron chi connectivity index (χ4n) is 4.41. The first-order chi connectivity index (χ1) is 15.3. The Morgan fingerprint density at radius 1 is 1.28 bits per heavy atom. The van der Waals surface area contributed by atoms with Gasteiger partial charge in [-0.25, -0.2) is 4.39 Å². The average molecular weight is 468 g/mol. The van der Waals surface area contributed by atoms with Gasteiger partial charge < -0.3 is 4.90 Å². The second-order valence-electron chi connectivity index (χ2n) is 8.41. The molecule has 5 rings (SSSR count). The number of nitrogens with zero attached hydrogens (tertiary/aromatic N) is 5. The van der Waals surface area contributed by atoms with Crippen LogP contribution in [0.2, 0.25) is 0 Å². The van der Waals surface area contributed by atoms with Crippen molar-refractivity contribution in [1.29, 1.82) is 0 Å². The van der Waals surface area contributed by atoms with E-state index in [1.54, 1.807) is 22.1 Å². The molecular formula is C23H22FN5OS2. The van der Waals surface area contributed by atoms with Gasteiger partial charge in [0.1, 0.15) is 10.8 Å². The van der Waals surface area contributed by atoms with Crippen LogP contribution in [-0.2, 0) is 12.5 Å². The van der Waals surface area contributed by atoms with Gasteiger partial charge in [0.2, 0.25) is 5.01 Å². The number of hydrogen-bond acceptors (Lipinski definition) is 6. The monoisotopic (exact) mass is 467 g/mol. The fraction of sp³-hybridized carbons (Fsp3) is 0.304. The molecule has 0 aliphatic carbocycles. The Morgan fingerprint density at radius 3 is 2.81 bits per heavy atom. The van der Waals surface area contributed by atoms with Crippen LogP contribution in [0.5, 0.6) is 0 Å². The fourth-order valence-corrected chi connectivity index (χ4v) is 6.40. The van der Waals surface area contributed by atoms with Gasteiger partial charge >= 0.3 is 0 Å². The number of benzene rings is 1. The molecule has 0 unspecified atom stereocenters. The first-order valence-corrected chi connectivity index (χ1v) is 12.0. The van der Waals surface area contributed by atoms with Gasteiger partial charge in [0, 0.05) is 41.2 Å². The number of thiophene rings is 1. The summed E-state index contributed by atoms with van der Waals surface area (Å²) in [4.78, 5) is 16.7. The topological polar surface area (TPSA) is 63.9 Å². The van der Waals surface area contributed by atoms with Gasteiger partial charge in [-0.05, 0) is 61.5 Å². The van der Waals surface area contributed by atoms with E-state index < -0.39 is 0 Å². The van der Waals surface area contributed by atoms with Gasteiger partial charge in [-0.3, -0.25) is 9.48 Å². The molecule has 0 fully saturated rings. The van der Waals surface area contributed by atoms with Crippen LogP contribution in [-0.4, -0.2) is 37.3 Å². The average Bonchev–Trinajstić information content (AvgIpc) is 3.51. The third kappa shape index (κ3) is 3.27. The molecule has 164 valence electrons. The van der Waals surface area contributed by atoms with Gasteiger partial charge in [-0.15, -0.1) is 21.5 Å². The molecule has 2 atom stereocenters. The highest BCUT2D eigenvalue weighted by atomic mass is 32.1. The van der Waals surface area contributed by atoms with Crippen LogP contribution in [0.3, 0.4) is 0 Å². The van der Waals surface area contributed by atoms with E-state index in [0.29, 0.717) is 16.6 Å². The maximum absolute atomic E-state index is 13.6. The minimum Gasteiger partial charge on any atom is -0.328 e. The van der Waals surface area contributed by atoms with Crippen molar-refractivity contribution in [3.05, 3.63) is 74.4 Å². The SMILES string of the molecule is Cc1cc(F)ccc1-c1nnc(C(=O)N2C[C@](C)(c3cnn(C)c3)c3ccsc3[C@@H]2C)s1. The summed E-state index contributed by atoms with van der Waals surface area (Å²) in [5, 5.41) is 15.8. The Kier molecular flexibility index (Phi) is 4.98. The van der Waals surface area contributed by atoms with Crippen LogP contribution < -0.4 is 0 Å². The van der Waals surface area contributed by atoms with Crippen LogP contribution in [0.25, 0.3) is 10.6 Å². The molecule has 0 N–H and O–H groups in total. The molecule has 1 aliphatic heterocycles. The van der Waals surface area contributed by atoms with Crippen LogP contribution in [0, 0.1) is 12.7 Å². The summed E-state index contributed by atoms with van der Waals surface area (Å²) < 4.78 is 15.3. The Balaban J connectivity index is 1.51. The maximum Gasteiger partial charge on any atom is 0.285 e. The standard InChI is InChI=1S/C23H22FN5OS2/c1-13-9-16(24)5-6-17(13)20-26-27-21(32-20)22(30)29-12-23(3,15-10-25-28(4)11-15)18-7-8-31-19(18)14(29)2/h5-11,14H,12H2,1-4H3/t14-,23+/m0/s1. The lowest BCUT2D eigenvalue weighted by Crippen LogP contribution is -2.48. The van der Waals surface area contributed by atoms with Crippen molar-refractivity contribution in [2.75, 3.05) is 6.54 Å². The third-order valence-electron chi connectivity index (χ3n) is 6.25. The highest BCUT2D eigenvalue weighted by Gasteiger charge is 2.44. The molecule has 4 aromatic rings. The Labute approximate surface area is 193 Å². The van der Waals surface area contributed by atoms with E-state index in [0.717, 1.165) is 16.7 Å². The van der Waals surface area contributed by atoms with Crippen molar-refractivity contribution in [3.8, 4) is 10.6 Å². The molecule has 3 aromatic heterocycles. The highest BCUT2D eigenvalue weighted by Crippen LogP contribution is 2.46. The second-order valence-corrected chi connectivity index (χ2v) is 10.3. The molecule has 0 bridgehead atoms. The molecule has 0 radical (unpaired) electrons. The first kappa shape index (κ1) is 21.0. The minimum atomic E-state index is -0.368. The summed E-state index contributed by atoms with van der Waals surface area (Å²) in [5.74, 6) is -0.439. The molecule has 0 saturated carbocycles. The largest absolute Gasteiger partial charge is 0.328 e. The number of hydrogen-bond donors (Lipinski definition) is 0. The van der Waals surface area contributed by atoms with Crippen LogP contribution >= 0.6 is 22.7 Å². The molecule has 32 heavy (non-hydrogen) atoms. The summed E-state index contributed by atoms with van der Waals surface area (Å²) in [7, 11) is 1.90. The molecular weight excluding hydrogens is 445 g/mol. The van der Waals surface area contributed by atoms with Crippen molar-refractivity contribution < 1.29 is 9.18 Å². The maximum atomic E-state index is 13.6. The molecule has 0 saturated heterocycles. The molecule has 1 aromatic carbocycles. The van der Waals surface area contributed by atoms with Crippen LogP contribution in [0.15, 0.2) is 42.0 Å². The zero-order valence-electron chi connectivity index (χ0n) is 18.2. The molecule has 4 heterocycles. The first-order valence-electron chi connectivity index (χ1n) is 10.3. The number of fused-ring (bicyclic) bond motifs is 1. The van der Waals surface area contributed by atoms with Crippen LogP contribution in [0.4, 0.5) is 4.39 Å². The zero-order chi connectivity index (χ0) is 22.6. The smallest absolute Gasteiger partial charge is 0.285 e. The molecule has 1 aliphatic rings. The zero-order valence-corrected chi connectivity index (χ0v) is 19.8. The van der Waals surface area contributed by atoms with Crippen molar-refractivity contribution in [1.82, 2.24) is 24.9 Å². The van der Waals surface area contributed by atoms with Gasteiger partial charge in [0.25, 0.3) is 5.91 Å². The van der Waals surface area contributed by atoms with E-state index in [2.05, 4.69) is 40.6 Å². The number of halogens is 1. The second kappa shape index (κ2) is 7.60. The van der Waals surface area contributed by atoms with Crippen molar-refractivity contribution in [2.45, 2.75) is 32.2 Å². The number of aromatic nitrogens is 4. The Hall–Kier alpha value is -2.91. The summed E-state index contributed by atoms with van der Waals surface area (Å²) >= 11 is 2.91. The lowest BCUT2D eigenvalue weighted by Gasteiger charge is -2.43. The minimum absolute atomic E-state index is 0.0675. The van der Waals surface area contributed by atoms with E-state index in [-0.39, 0.29) is 23.2 Å². The summed E-state index contributed by atoms with van der Waals surface area (Å²) in [6.07, 6.45) is 3.89. The van der Waals surface area contributed by atoms with E-state index in [1.807, 2.05) is 31.3 Å². The normalized spacial score (nSPS) is 20.4. The predicted molar refractivity (Wildman–Crippen MR) is 123 cm³/mol. The van der Waals surface area contributed by atoms with Gasteiger partial charge in [-0.2, -0.15) is 5.10 Å². The summed E-state index contributed by atoms with van der Waals surface area (Å²) in [5.41, 5.74) is 3.50. The molecule has 9 heteroatoms. The quantitative estimate of drug-likeness (QED) is 0.427. The van der Waals surface area contributed by atoms with Crippen LogP contribution in [0.1, 0.15) is 51.3 Å².